The molecule has 2 heterocycles. The predicted octanol–water partition coefficient (Wildman–Crippen LogP) is 5.41. The van der Waals surface area contributed by atoms with E-state index in [9.17, 15) is 4.79 Å². The van der Waals surface area contributed by atoms with Crippen LogP contribution in [0.2, 0.25) is 0 Å². The molecule has 0 bridgehead atoms. The van der Waals surface area contributed by atoms with Gasteiger partial charge in [-0.15, -0.1) is 0 Å². The summed E-state index contributed by atoms with van der Waals surface area (Å²) in [4.78, 5) is 25.0. The van der Waals surface area contributed by atoms with Crippen molar-refractivity contribution in [2.24, 2.45) is 0 Å². The van der Waals surface area contributed by atoms with E-state index >= 15 is 0 Å². The predicted molar refractivity (Wildman–Crippen MR) is 121 cm³/mol. The molecule has 1 fully saturated rings. The number of imidazole rings is 1. The molecule has 32 heavy (non-hydrogen) atoms. The van der Waals surface area contributed by atoms with Crippen molar-refractivity contribution >= 4 is 22.6 Å². The van der Waals surface area contributed by atoms with Gasteiger partial charge in [-0.25, -0.2) is 4.98 Å². The van der Waals surface area contributed by atoms with Gasteiger partial charge in [0.2, 0.25) is 11.7 Å². The van der Waals surface area contributed by atoms with E-state index in [0.29, 0.717) is 28.9 Å². The number of aromatic nitrogens is 4. The highest BCUT2D eigenvalue weighted by Gasteiger charge is 2.29. The first-order valence-corrected chi connectivity index (χ1v) is 10.5. The zero-order valence-corrected chi connectivity index (χ0v) is 17.1. The molecule has 2 N–H and O–H groups in total. The third-order valence-corrected chi connectivity index (χ3v) is 5.58. The Morgan fingerprint density at radius 2 is 1.66 bits per heavy atom. The Morgan fingerprint density at radius 1 is 0.906 bits per heavy atom. The lowest BCUT2D eigenvalue weighted by molar-refractivity contribution is 0.102. The summed E-state index contributed by atoms with van der Waals surface area (Å²) in [5, 5.41) is 6.97. The lowest BCUT2D eigenvalue weighted by atomic mass is 10.1. The molecule has 1 aliphatic carbocycles. The Bertz CT molecular complexity index is 1380. The van der Waals surface area contributed by atoms with Crippen molar-refractivity contribution in [3.05, 3.63) is 84.3 Å². The van der Waals surface area contributed by atoms with E-state index in [1.54, 1.807) is 12.1 Å². The van der Waals surface area contributed by atoms with E-state index in [1.165, 1.54) is 0 Å². The Labute approximate surface area is 183 Å². The molecule has 7 nitrogen and oxygen atoms in total. The number of amides is 1. The molecule has 0 unspecified atom stereocenters. The van der Waals surface area contributed by atoms with Gasteiger partial charge in [0.15, 0.2) is 0 Å². The molecule has 2 aromatic heterocycles. The maximum absolute atomic E-state index is 12.7. The topological polar surface area (TPSA) is 96.7 Å². The van der Waals surface area contributed by atoms with Crippen LogP contribution in [-0.4, -0.2) is 26.0 Å². The van der Waals surface area contributed by atoms with E-state index in [4.69, 9.17) is 4.52 Å². The monoisotopic (exact) mass is 421 g/mol. The molecule has 1 amide bonds. The number of para-hydroxylation sites is 2. The van der Waals surface area contributed by atoms with Gasteiger partial charge in [-0.2, -0.15) is 4.98 Å². The molecule has 0 aliphatic heterocycles. The number of hydrogen-bond donors (Lipinski definition) is 2. The number of carbonyl (C=O) groups is 1. The quantitative estimate of drug-likeness (QED) is 0.395. The fourth-order valence-electron chi connectivity index (χ4n) is 3.62. The minimum Gasteiger partial charge on any atom is -0.339 e. The molecule has 0 spiro atoms. The third-order valence-electron chi connectivity index (χ3n) is 5.58. The van der Waals surface area contributed by atoms with Crippen molar-refractivity contribution in [3.63, 3.8) is 0 Å². The summed E-state index contributed by atoms with van der Waals surface area (Å²) >= 11 is 0. The number of benzene rings is 3. The molecule has 0 radical (unpaired) electrons. The second-order valence-corrected chi connectivity index (χ2v) is 7.94. The standard InChI is InChI=1S/C25H19N5O2/c31-24(17-7-5-16(6-8-17)23-29-25(32-30-23)18-9-10-18)26-19-13-11-15(12-14-19)22-27-20-3-1-2-4-21(20)28-22/h1-8,11-14,18H,9-10H2,(H,26,31)(H,27,28). The Morgan fingerprint density at radius 3 is 2.41 bits per heavy atom. The lowest BCUT2D eigenvalue weighted by Gasteiger charge is -2.06. The van der Waals surface area contributed by atoms with Crippen LogP contribution in [0.3, 0.4) is 0 Å². The number of H-pyrrole nitrogens is 1. The minimum absolute atomic E-state index is 0.181. The molecule has 156 valence electrons. The maximum Gasteiger partial charge on any atom is 0.255 e. The number of fused-ring (bicyclic) bond motifs is 1. The molecule has 0 atom stereocenters. The Balaban J connectivity index is 1.15. The summed E-state index contributed by atoms with van der Waals surface area (Å²) in [6.45, 7) is 0. The number of nitrogens with zero attached hydrogens (tertiary/aromatic N) is 3. The summed E-state index contributed by atoms with van der Waals surface area (Å²) in [5.74, 6) is 2.29. The van der Waals surface area contributed by atoms with Crippen molar-refractivity contribution in [2.75, 3.05) is 5.32 Å². The number of carbonyl (C=O) groups excluding carboxylic acids is 1. The van der Waals surface area contributed by atoms with Gasteiger partial charge in [0.25, 0.3) is 5.91 Å². The summed E-state index contributed by atoms with van der Waals surface area (Å²) in [5.41, 5.74) is 4.97. The molecule has 1 aliphatic rings. The highest BCUT2D eigenvalue weighted by Crippen LogP contribution is 2.39. The van der Waals surface area contributed by atoms with Crippen LogP contribution >= 0.6 is 0 Å². The van der Waals surface area contributed by atoms with Gasteiger partial charge >= 0.3 is 0 Å². The third kappa shape index (κ3) is 3.54. The maximum atomic E-state index is 12.7. The number of aromatic amines is 1. The number of anilines is 1. The van der Waals surface area contributed by atoms with Crippen molar-refractivity contribution in [1.82, 2.24) is 20.1 Å². The van der Waals surface area contributed by atoms with Crippen molar-refractivity contribution in [1.29, 1.82) is 0 Å². The average Bonchev–Trinajstić information content (AvgIpc) is 3.40. The van der Waals surface area contributed by atoms with Crippen LogP contribution in [0.5, 0.6) is 0 Å². The zero-order chi connectivity index (χ0) is 21.5. The molecule has 3 aromatic carbocycles. The first-order valence-electron chi connectivity index (χ1n) is 10.5. The van der Waals surface area contributed by atoms with Crippen molar-refractivity contribution < 1.29 is 9.32 Å². The van der Waals surface area contributed by atoms with Gasteiger partial charge < -0.3 is 14.8 Å². The van der Waals surface area contributed by atoms with Gasteiger partial charge in [-0.1, -0.05) is 29.4 Å². The van der Waals surface area contributed by atoms with E-state index in [0.717, 1.165) is 40.8 Å². The minimum atomic E-state index is -0.181. The van der Waals surface area contributed by atoms with Gasteiger partial charge in [0.1, 0.15) is 5.82 Å². The average molecular weight is 421 g/mol. The number of hydrogen-bond acceptors (Lipinski definition) is 5. The van der Waals surface area contributed by atoms with Gasteiger partial charge in [-0.05, 0) is 61.4 Å². The first-order chi connectivity index (χ1) is 15.7. The largest absolute Gasteiger partial charge is 0.339 e. The van der Waals surface area contributed by atoms with Gasteiger partial charge in [0.05, 0.1) is 11.0 Å². The molecule has 5 aromatic rings. The van der Waals surface area contributed by atoms with Crippen LogP contribution in [-0.2, 0) is 0 Å². The normalized spacial score (nSPS) is 13.4. The van der Waals surface area contributed by atoms with Crippen LogP contribution in [0.4, 0.5) is 5.69 Å². The second kappa shape index (κ2) is 7.46. The van der Waals surface area contributed by atoms with Crippen molar-refractivity contribution in [3.8, 4) is 22.8 Å². The van der Waals surface area contributed by atoms with Crippen LogP contribution in [0, 0.1) is 0 Å². The molecule has 0 saturated heterocycles. The molecular weight excluding hydrogens is 402 g/mol. The Hall–Kier alpha value is -4.26. The zero-order valence-electron chi connectivity index (χ0n) is 17.1. The summed E-state index contributed by atoms with van der Waals surface area (Å²) < 4.78 is 5.31. The molecule has 6 rings (SSSR count). The van der Waals surface area contributed by atoms with Crippen LogP contribution in [0.1, 0.15) is 35.0 Å². The second-order valence-electron chi connectivity index (χ2n) is 7.94. The van der Waals surface area contributed by atoms with Gasteiger partial charge in [0, 0.05) is 28.3 Å². The Kier molecular flexibility index (Phi) is 4.31. The number of nitrogens with one attached hydrogen (secondary N) is 2. The van der Waals surface area contributed by atoms with E-state index in [2.05, 4.69) is 25.4 Å². The van der Waals surface area contributed by atoms with Gasteiger partial charge in [-0.3, -0.25) is 4.79 Å². The summed E-state index contributed by atoms with van der Waals surface area (Å²) in [6, 6.07) is 22.7. The summed E-state index contributed by atoms with van der Waals surface area (Å²) in [6.07, 6.45) is 2.22. The van der Waals surface area contributed by atoms with Crippen LogP contribution in [0.25, 0.3) is 33.8 Å². The fourth-order valence-corrected chi connectivity index (χ4v) is 3.62. The molecule has 1 saturated carbocycles. The molecular formula is C25H19N5O2. The van der Waals surface area contributed by atoms with E-state index in [1.807, 2.05) is 60.7 Å². The summed E-state index contributed by atoms with van der Waals surface area (Å²) in [7, 11) is 0. The lowest BCUT2D eigenvalue weighted by Crippen LogP contribution is -2.11. The first kappa shape index (κ1) is 18.5. The highest BCUT2D eigenvalue weighted by atomic mass is 16.5. The van der Waals surface area contributed by atoms with E-state index < -0.39 is 0 Å². The van der Waals surface area contributed by atoms with Crippen molar-refractivity contribution in [2.45, 2.75) is 18.8 Å². The number of rotatable bonds is 5. The van der Waals surface area contributed by atoms with Crippen LogP contribution in [0.15, 0.2) is 77.3 Å². The fraction of sp³-hybridized carbons (Fsp3) is 0.120. The SMILES string of the molecule is O=C(Nc1ccc(-c2nc3ccccc3[nH]2)cc1)c1ccc(-c2noc(C3CC3)n2)cc1. The molecule has 7 heteroatoms. The van der Waals surface area contributed by atoms with Crippen LogP contribution < -0.4 is 5.32 Å². The van der Waals surface area contributed by atoms with E-state index in [-0.39, 0.29) is 5.91 Å². The smallest absolute Gasteiger partial charge is 0.255 e. The highest BCUT2D eigenvalue weighted by molar-refractivity contribution is 6.04.